The molecule has 0 saturated heterocycles. The number of aromatic nitrogens is 3. The zero-order valence-corrected chi connectivity index (χ0v) is 16.9. The van der Waals surface area contributed by atoms with Crippen LogP contribution < -0.4 is 0 Å². The largest absolute Gasteiger partial charge is 0.383 e. The maximum atomic E-state index is 11.6. The van der Waals surface area contributed by atoms with Crippen LogP contribution in [-0.2, 0) is 38.0 Å². The van der Waals surface area contributed by atoms with Gasteiger partial charge in [-0.05, 0) is 32.5 Å². The predicted molar refractivity (Wildman–Crippen MR) is 105 cm³/mol. The number of ketones is 1. The molecule has 1 aliphatic rings. The van der Waals surface area contributed by atoms with E-state index >= 15 is 0 Å². The van der Waals surface area contributed by atoms with Crippen LogP contribution >= 0.6 is 0 Å². The fourth-order valence-corrected chi connectivity index (χ4v) is 3.59. The van der Waals surface area contributed by atoms with E-state index in [0.29, 0.717) is 0 Å². The van der Waals surface area contributed by atoms with Gasteiger partial charge in [0.05, 0.1) is 18.0 Å². The van der Waals surface area contributed by atoms with Crippen molar-refractivity contribution in [2.24, 2.45) is 7.05 Å². The number of methoxy groups -OCH3 is 1. The number of aryl methyl sites for hydroxylation is 2. The van der Waals surface area contributed by atoms with Gasteiger partial charge < -0.3 is 9.30 Å². The Bertz CT molecular complexity index is 779. The summed E-state index contributed by atoms with van der Waals surface area (Å²) in [6.07, 6.45) is 3.01. The van der Waals surface area contributed by atoms with E-state index in [1.807, 2.05) is 19.3 Å². The molecule has 0 fully saturated rings. The number of carbonyl (C=O) groups is 1. The molecule has 0 aromatic carbocycles. The molecular formula is C20H31N5O2. The molecule has 0 N–H and O–H groups in total. The van der Waals surface area contributed by atoms with E-state index in [0.717, 1.165) is 63.6 Å². The molecule has 148 valence electrons. The van der Waals surface area contributed by atoms with Crippen molar-refractivity contribution in [3.05, 3.63) is 41.0 Å². The molecule has 0 spiro atoms. The molecule has 0 saturated carbocycles. The van der Waals surface area contributed by atoms with Crippen molar-refractivity contribution < 1.29 is 9.53 Å². The summed E-state index contributed by atoms with van der Waals surface area (Å²) in [7, 11) is 5.84. The molecule has 0 unspecified atom stereocenters. The van der Waals surface area contributed by atoms with Crippen LogP contribution in [0.25, 0.3) is 0 Å². The smallest absolute Gasteiger partial charge is 0.161 e. The summed E-state index contributed by atoms with van der Waals surface area (Å²) in [6.45, 7) is 7.81. The standard InChI is InChI=1S/C20H31N5O2/c1-16(26)17-10-19(23(3)12-17)14-24-6-5-7-25-20(15-24)11-18(21-25)13-22(2)8-9-27-4/h10-12H,5-9,13-15H2,1-4H3. The Morgan fingerprint density at radius 1 is 1.33 bits per heavy atom. The van der Waals surface area contributed by atoms with E-state index in [2.05, 4.69) is 32.2 Å². The molecule has 7 nitrogen and oxygen atoms in total. The first-order valence-electron chi connectivity index (χ1n) is 9.58. The van der Waals surface area contributed by atoms with Gasteiger partial charge in [0.15, 0.2) is 5.78 Å². The van der Waals surface area contributed by atoms with Crippen molar-refractivity contribution in [3.8, 4) is 0 Å². The van der Waals surface area contributed by atoms with E-state index in [-0.39, 0.29) is 5.78 Å². The van der Waals surface area contributed by atoms with E-state index in [1.54, 1.807) is 14.0 Å². The quantitative estimate of drug-likeness (QED) is 0.662. The Labute approximate surface area is 161 Å². The van der Waals surface area contributed by atoms with Crippen molar-refractivity contribution >= 4 is 5.78 Å². The minimum absolute atomic E-state index is 0.119. The summed E-state index contributed by atoms with van der Waals surface area (Å²) in [5, 5.41) is 4.80. The van der Waals surface area contributed by atoms with Crippen LogP contribution in [0, 0.1) is 0 Å². The van der Waals surface area contributed by atoms with Crippen molar-refractivity contribution in [1.82, 2.24) is 24.1 Å². The van der Waals surface area contributed by atoms with Gasteiger partial charge >= 0.3 is 0 Å². The van der Waals surface area contributed by atoms with Crippen molar-refractivity contribution in [2.75, 3.05) is 33.9 Å². The van der Waals surface area contributed by atoms with Gasteiger partial charge in [-0.25, -0.2) is 0 Å². The third-order valence-corrected chi connectivity index (χ3v) is 5.15. The van der Waals surface area contributed by atoms with E-state index in [4.69, 9.17) is 9.84 Å². The third-order valence-electron chi connectivity index (χ3n) is 5.15. The topological polar surface area (TPSA) is 55.5 Å². The summed E-state index contributed by atoms with van der Waals surface area (Å²) in [6, 6.07) is 4.24. The number of nitrogens with zero attached hydrogens (tertiary/aromatic N) is 5. The number of fused-ring (bicyclic) bond motifs is 1. The minimum Gasteiger partial charge on any atom is -0.383 e. The first kappa shape index (κ1) is 19.8. The van der Waals surface area contributed by atoms with Gasteiger partial charge in [0.25, 0.3) is 0 Å². The highest BCUT2D eigenvalue weighted by Crippen LogP contribution is 2.18. The second kappa shape index (κ2) is 8.82. The zero-order valence-electron chi connectivity index (χ0n) is 16.9. The molecule has 0 atom stereocenters. The Morgan fingerprint density at radius 3 is 2.85 bits per heavy atom. The second-order valence-electron chi connectivity index (χ2n) is 7.53. The molecule has 3 heterocycles. The molecule has 7 heteroatoms. The van der Waals surface area contributed by atoms with Crippen LogP contribution in [0.5, 0.6) is 0 Å². The number of Topliss-reactive ketones (excluding diaryl/α,β-unsaturated/α-hetero) is 1. The molecule has 27 heavy (non-hydrogen) atoms. The lowest BCUT2D eigenvalue weighted by molar-refractivity contribution is 0.101. The Kier molecular flexibility index (Phi) is 6.46. The predicted octanol–water partition coefficient (Wildman–Crippen LogP) is 1.91. The normalized spacial score (nSPS) is 15.1. The van der Waals surface area contributed by atoms with Gasteiger partial charge in [-0.1, -0.05) is 0 Å². The summed E-state index contributed by atoms with van der Waals surface area (Å²) >= 11 is 0. The monoisotopic (exact) mass is 373 g/mol. The van der Waals surface area contributed by atoms with Crippen molar-refractivity contribution in [1.29, 1.82) is 0 Å². The van der Waals surface area contributed by atoms with Gasteiger partial charge in [0, 0.05) is 70.9 Å². The van der Waals surface area contributed by atoms with Crippen LogP contribution in [0.4, 0.5) is 0 Å². The molecule has 0 aliphatic carbocycles. The second-order valence-corrected chi connectivity index (χ2v) is 7.53. The summed E-state index contributed by atoms with van der Waals surface area (Å²) in [4.78, 5) is 16.3. The number of hydrogen-bond acceptors (Lipinski definition) is 5. The van der Waals surface area contributed by atoms with E-state index < -0.39 is 0 Å². The number of rotatable bonds is 8. The van der Waals surface area contributed by atoms with Crippen molar-refractivity contribution in [3.63, 3.8) is 0 Å². The van der Waals surface area contributed by atoms with Gasteiger partial charge in [0.2, 0.25) is 0 Å². The molecular weight excluding hydrogens is 342 g/mol. The molecule has 0 bridgehead atoms. The SMILES string of the molecule is COCCN(C)Cc1cc2n(n1)CCCN(Cc1cc(C(C)=O)cn1C)C2. The van der Waals surface area contributed by atoms with Crippen LogP contribution in [0.1, 0.15) is 40.8 Å². The van der Waals surface area contributed by atoms with Crippen molar-refractivity contribution in [2.45, 2.75) is 39.5 Å². The molecule has 3 rings (SSSR count). The van der Waals surface area contributed by atoms with Crippen LogP contribution in [-0.4, -0.2) is 63.8 Å². The van der Waals surface area contributed by atoms with E-state index in [1.165, 1.54) is 11.4 Å². The molecule has 1 aliphatic heterocycles. The van der Waals surface area contributed by atoms with Gasteiger partial charge in [-0.3, -0.25) is 19.3 Å². The summed E-state index contributed by atoms with van der Waals surface area (Å²) in [5.41, 5.74) is 4.34. The van der Waals surface area contributed by atoms with E-state index in [9.17, 15) is 4.79 Å². The van der Waals surface area contributed by atoms with Gasteiger partial charge in [-0.15, -0.1) is 0 Å². The Hall–Kier alpha value is -1.96. The number of ether oxygens (including phenoxy) is 1. The third kappa shape index (κ3) is 5.06. The average molecular weight is 374 g/mol. The van der Waals surface area contributed by atoms with Crippen LogP contribution in [0.15, 0.2) is 18.3 Å². The zero-order chi connectivity index (χ0) is 19.4. The van der Waals surface area contributed by atoms with Crippen LogP contribution in [0.3, 0.4) is 0 Å². The Morgan fingerprint density at radius 2 is 2.15 bits per heavy atom. The number of likely N-dealkylation sites (N-methyl/N-ethyl adjacent to an activating group) is 1. The highest BCUT2D eigenvalue weighted by molar-refractivity contribution is 5.94. The lowest BCUT2D eigenvalue weighted by atomic mass is 10.2. The van der Waals surface area contributed by atoms with Gasteiger partial charge in [-0.2, -0.15) is 5.10 Å². The summed E-state index contributed by atoms with van der Waals surface area (Å²) < 4.78 is 9.37. The highest BCUT2D eigenvalue weighted by Gasteiger charge is 2.19. The molecule has 2 aromatic rings. The van der Waals surface area contributed by atoms with Crippen LogP contribution in [0.2, 0.25) is 0 Å². The van der Waals surface area contributed by atoms with Gasteiger partial charge in [0.1, 0.15) is 0 Å². The minimum atomic E-state index is 0.119. The maximum Gasteiger partial charge on any atom is 0.161 e. The molecule has 2 aromatic heterocycles. The first-order chi connectivity index (χ1) is 13.0. The lowest BCUT2D eigenvalue weighted by Crippen LogP contribution is -2.24. The first-order valence-corrected chi connectivity index (χ1v) is 9.58. The number of carbonyl (C=O) groups excluding carboxylic acids is 1. The summed E-state index contributed by atoms with van der Waals surface area (Å²) in [5.74, 6) is 0.119. The molecule has 0 amide bonds. The maximum absolute atomic E-state index is 11.6. The fraction of sp³-hybridized carbons (Fsp3) is 0.600. The number of hydrogen-bond donors (Lipinski definition) is 0. The highest BCUT2D eigenvalue weighted by atomic mass is 16.5. The molecule has 0 radical (unpaired) electrons. The lowest BCUT2D eigenvalue weighted by Gasteiger charge is -2.19. The Balaban J connectivity index is 1.66. The average Bonchev–Trinajstić information content (AvgIpc) is 3.11. The fourth-order valence-electron chi connectivity index (χ4n) is 3.59.